The molecule has 0 radical (unpaired) electrons. The first-order chi connectivity index (χ1) is 8.70. The van der Waals surface area contributed by atoms with Crippen LogP contribution in [0.1, 0.15) is 40.0 Å². The molecular formula is C13H20FNO4. The van der Waals surface area contributed by atoms with Gasteiger partial charge in [0.15, 0.2) is 0 Å². The number of hydrogen-bond acceptors (Lipinski definition) is 3. The molecule has 0 aromatic rings. The minimum Gasteiger partial charge on any atom is -0.480 e. The largest absolute Gasteiger partial charge is 0.480 e. The van der Waals surface area contributed by atoms with Crippen LogP contribution in [0.25, 0.3) is 0 Å². The normalized spacial score (nSPS) is 34.2. The number of nitrogens with zero attached hydrogens (tertiary/aromatic N) is 1. The van der Waals surface area contributed by atoms with Crippen molar-refractivity contribution in [2.75, 3.05) is 0 Å². The zero-order valence-corrected chi connectivity index (χ0v) is 11.4. The van der Waals surface area contributed by atoms with Crippen LogP contribution in [0.4, 0.5) is 9.18 Å². The molecule has 2 aliphatic heterocycles. The predicted octanol–water partition coefficient (Wildman–Crippen LogP) is 2.20. The van der Waals surface area contributed by atoms with Crippen LogP contribution >= 0.6 is 0 Å². The second-order valence-corrected chi connectivity index (χ2v) is 6.32. The predicted molar refractivity (Wildman–Crippen MR) is 65.5 cm³/mol. The van der Waals surface area contributed by atoms with Gasteiger partial charge in [-0.1, -0.05) is 0 Å². The minimum absolute atomic E-state index is 0.216. The molecule has 0 aromatic carbocycles. The number of alkyl halides is 1. The first-order valence-electron chi connectivity index (χ1n) is 6.59. The Hall–Kier alpha value is -1.33. The van der Waals surface area contributed by atoms with Crippen molar-refractivity contribution in [2.45, 2.75) is 63.9 Å². The van der Waals surface area contributed by atoms with Crippen molar-refractivity contribution < 1.29 is 23.8 Å². The van der Waals surface area contributed by atoms with Crippen LogP contribution in [-0.4, -0.2) is 45.9 Å². The molecule has 1 unspecified atom stereocenters. The lowest BCUT2D eigenvalue weighted by Gasteiger charge is -2.50. The zero-order chi connectivity index (χ0) is 14.4. The topological polar surface area (TPSA) is 66.8 Å². The molecule has 2 saturated heterocycles. The summed E-state index contributed by atoms with van der Waals surface area (Å²) in [6.45, 7) is 5.17. The average molecular weight is 273 g/mol. The van der Waals surface area contributed by atoms with Gasteiger partial charge in [0.2, 0.25) is 0 Å². The van der Waals surface area contributed by atoms with Gasteiger partial charge in [-0.05, 0) is 40.0 Å². The van der Waals surface area contributed by atoms with E-state index in [1.807, 2.05) is 0 Å². The number of amides is 1. The summed E-state index contributed by atoms with van der Waals surface area (Å²) < 4.78 is 19.1. The number of carboxylic acids is 1. The molecule has 3 fully saturated rings. The van der Waals surface area contributed by atoms with Crippen LogP contribution in [-0.2, 0) is 9.53 Å². The molecule has 3 aliphatic rings. The van der Waals surface area contributed by atoms with E-state index in [4.69, 9.17) is 4.74 Å². The summed E-state index contributed by atoms with van der Waals surface area (Å²) in [6.07, 6.45) is -0.413. The molecule has 3 rings (SSSR count). The molecule has 2 bridgehead atoms. The molecular weight excluding hydrogens is 253 g/mol. The van der Waals surface area contributed by atoms with E-state index in [2.05, 4.69) is 0 Å². The van der Waals surface area contributed by atoms with Gasteiger partial charge >= 0.3 is 12.1 Å². The van der Waals surface area contributed by atoms with E-state index in [0.717, 1.165) is 0 Å². The Labute approximate surface area is 111 Å². The molecule has 1 amide bonds. The number of piperidine rings is 2. The van der Waals surface area contributed by atoms with Gasteiger partial charge < -0.3 is 9.84 Å². The fourth-order valence-corrected chi connectivity index (χ4v) is 3.04. The van der Waals surface area contributed by atoms with E-state index in [1.54, 1.807) is 20.8 Å². The Morgan fingerprint density at radius 3 is 2.42 bits per heavy atom. The number of rotatable bonds is 1. The maximum absolute atomic E-state index is 13.8. The van der Waals surface area contributed by atoms with Gasteiger partial charge in [0.25, 0.3) is 0 Å². The Balaban J connectivity index is 2.22. The number of carbonyl (C=O) groups excluding carboxylic acids is 1. The molecule has 5 nitrogen and oxygen atoms in total. The van der Waals surface area contributed by atoms with Crippen molar-refractivity contribution in [2.24, 2.45) is 5.92 Å². The SMILES string of the molecule is CC(C)(C)OC(=O)N1[C@@H]2CC[C@H](C(F)C2)[C@H]1C(=O)O. The fourth-order valence-electron chi connectivity index (χ4n) is 3.04. The van der Waals surface area contributed by atoms with Crippen LogP contribution in [0.2, 0.25) is 0 Å². The van der Waals surface area contributed by atoms with Crippen molar-refractivity contribution >= 4 is 12.1 Å². The summed E-state index contributed by atoms with van der Waals surface area (Å²) in [5.74, 6) is -1.77. The quantitative estimate of drug-likeness (QED) is 0.795. The number of hydrogen-bond donors (Lipinski definition) is 1. The zero-order valence-electron chi connectivity index (χ0n) is 11.4. The molecule has 19 heavy (non-hydrogen) atoms. The number of halogens is 1. The van der Waals surface area contributed by atoms with Gasteiger partial charge in [-0.25, -0.2) is 14.0 Å². The van der Waals surface area contributed by atoms with Gasteiger partial charge in [0.1, 0.15) is 17.8 Å². The number of carboxylic acid groups (broad SMARTS) is 1. The Morgan fingerprint density at radius 2 is 1.95 bits per heavy atom. The number of ether oxygens (including phenoxy) is 1. The first-order valence-corrected chi connectivity index (χ1v) is 6.59. The molecule has 0 aromatic heterocycles. The highest BCUT2D eigenvalue weighted by Crippen LogP contribution is 2.42. The number of aliphatic carboxylic acids is 1. The van der Waals surface area contributed by atoms with Crippen LogP contribution in [0, 0.1) is 5.92 Å². The van der Waals surface area contributed by atoms with Gasteiger partial charge in [-0.2, -0.15) is 0 Å². The van der Waals surface area contributed by atoms with Gasteiger partial charge in [0.05, 0.1) is 0 Å². The van der Waals surface area contributed by atoms with Crippen molar-refractivity contribution in [3.05, 3.63) is 0 Å². The van der Waals surface area contributed by atoms with Crippen molar-refractivity contribution in [1.82, 2.24) is 4.90 Å². The maximum atomic E-state index is 13.8. The third kappa shape index (κ3) is 2.67. The lowest BCUT2D eigenvalue weighted by atomic mass is 9.73. The molecule has 0 spiro atoms. The highest BCUT2D eigenvalue weighted by molar-refractivity contribution is 5.81. The van der Waals surface area contributed by atoms with Crippen molar-refractivity contribution in [1.29, 1.82) is 0 Å². The lowest BCUT2D eigenvalue weighted by molar-refractivity contribution is -0.156. The molecule has 4 atom stereocenters. The third-order valence-corrected chi connectivity index (χ3v) is 3.75. The second kappa shape index (κ2) is 4.65. The highest BCUT2D eigenvalue weighted by Gasteiger charge is 2.53. The molecule has 6 heteroatoms. The summed E-state index contributed by atoms with van der Waals surface area (Å²) in [5.41, 5.74) is -0.689. The molecule has 108 valence electrons. The summed E-state index contributed by atoms with van der Waals surface area (Å²) in [6, 6.07) is -1.46. The Bertz CT molecular complexity index is 393. The van der Waals surface area contributed by atoms with E-state index in [0.29, 0.717) is 12.8 Å². The van der Waals surface area contributed by atoms with Crippen molar-refractivity contribution in [3.8, 4) is 0 Å². The summed E-state index contributed by atoms with van der Waals surface area (Å²) in [7, 11) is 0. The summed E-state index contributed by atoms with van der Waals surface area (Å²) >= 11 is 0. The fraction of sp³-hybridized carbons (Fsp3) is 0.846. The van der Waals surface area contributed by atoms with Gasteiger partial charge in [-0.3, -0.25) is 4.90 Å². The number of fused-ring (bicyclic) bond motifs is 3. The molecule has 1 N–H and O–H groups in total. The smallest absolute Gasteiger partial charge is 0.411 e. The van der Waals surface area contributed by atoms with E-state index in [1.165, 1.54) is 4.90 Å². The molecule has 1 saturated carbocycles. The standard InChI is InChI=1S/C13H20FNO4/c1-13(2,3)19-12(18)15-7-4-5-8(9(14)6-7)10(15)11(16)17/h7-10H,4-6H2,1-3H3,(H,16,17)/t7-,8-,9?,10+/m1/s1. The van der Waals surface area contributed by atoms with Crippen LogP contribution < -0.4 is 0 Å². The van der Waals surface area contributed by atoms with Crippen LogP contribution in [0.3, 0.4) is 0 Å². The molecule has 1 aliphatic carbocycles. The summed E-state index contributed by atoms with van der Waals surface area (Å²) in [4.78, 5) is 24.7. The van der Waals surface area contributed by atoms with E-state index in [9.17, 15) is 19.1 Å². The van der Waals surface area contributed by atoms with Crippen LogP contribution in [0.15, 0.2) is 0 Å². The monoisotopic (exact) mass is 273 g/mol. The summed E-state index contributed by atoms with van der Waals surface area (Å²) in [5, 5.41) is 9.28. The second-order valence-electron chi connectivity index (χ2n) is 6.32. The first kappa shape index (κ1) is 14.1. The van der Waals surface area contributed by atoms with E-state index in [-0.39, 0.29) is 12.5 Å². The van der Waals surface area contributed by atoms with E-state index < -0.39 is 35.8 Å². The Morgan fingerprint density at radius 1 is 1.32 bits per heavy atom. The highest BCUT2D eigenvalue weighted by atomic mass is 19.1. The molecule has 2 heterocycles. The maximum Gasteiger partial charge on any atom is 0.411 e. The van der Waals surface area contributed by atoms with Crippen LogP contribution in [0.5, 0.6) is 0 Å². The van der Waals surface area contributed by atoms with E-state index >= 15 is 0 Å². The van der Waals surface area contributed by atoms with Crippen molar-refractivity contribution in [3.63, 3.8) is 0 Å². The lowest BCUT2D eigenvalue weighted by Crippen LogP contribution is -2.64. The number of carbonyl (C=O) groups is 2. The van der Waals surface area contributed by atoms with Gasteiger partial charge in [-0.15, -0.1) is 0 Å². The average Bonchev–Trinajstić information content (AvgIpc) is 2.25. The van der Waals surface area contributed by atoms with Gasteiger partial charge in [0, 0.05) is 12.0 Å². The minimum atomic E-state index is -1.15. The Kier molecular flexibility index (Phi) is 3.45. The third-order valence-electron chi connectivity index (χ3n) is 3.75.